The van der Waals surface area contributed by atoms with Crippen LogP contribution >= 0.6 is 0 Å². The Morgan fingerprint density at radius 2 is 2.00 bits per heavy atom. The molecule has 1 fully saturated rings. The molecule has 0 aliphatic carbocycles. The van der Waals surface area contributed by atoms with E-state index in [1.807, 2.05) is 23.1 Å². The Bertz CT molecular complexity index is 984. The Balaban J connectivity index is 1.32. The second-order valence-electron chi connectivity index (χ2n) is 7.58. The molecule has 0 radical (unpaired) electrons. The van der Waals surface area contributed by atoms with Crippen LogP contribution in [0.2, 0.25) is 0 Å². The van der Waals surface area contributed by atoms with E-state index < -0.39 is 0 Å². The molecule has 162 valence electrons. The van der Waals surface area contributed by atoms with Gasteiger partial charge in [0.05, 0.1) is 31.4 Å². The highest BCUT2D eigenvalue weighted by Gasteiger charge is 2.30. The van der Waals surface area contributed by atoms with Crippen LogP contribution in [0.25, 0.3) is 0 Å². The van der Waals surface area contributed by atoms with Gasteiger partial charge in [0.25, 0.3) is 0 Å². The first kappa shape index (κ1) is 20.9. The summed E-state index contributed by atoms with van der Waals surface area (Å²) in [6, 6.07) is 13.2. The van der Waals surface area contributed by atoms with Crippen LogP contribution in [0.15, 0.2) is 36.4 Å². The molecule has 1 atom stereocenters. The second-order valence-corrected chi connectivity index (χ2v) is 7.58. The van der Waals surface area contributed by atoms with Gasteiger partial charge < -0.3 is 23.8 Å². The van der Waals surface area contributed by atoms with Crippen LogP contribution < -0.4 is 18.9 Å². The molecule has 0 spiro atoms. The quantitative estimate of drug-likeness (QED) is 0.631. The molecule has 0 N–H and O–H groups in total. The highest BCUT2D eigenvalue weighted by Crippen LogP contribution is 2.38. The van der Waals surface area contributed by atoms with E-state index in [9.17, 15) is 4.79 Å². The molecular formula is C24H26N2O5. The van der Waals surface area contributed by atoms with Gasteiger partial charge in [-0.2, -0.15) is 5.26 Å². The zero-order valence-corrected chi connectivity index (χ0v) is 17.6. The third-order valence-electron chi connectivity index (χ3n) is 5.61. The molecule has 1 unspecified atom stereocenters. The van der Waals surface area contributed by atoms with E-state index in [1.54, 1.807) is 18.2 Å². The number of fused-ring (bicyclic) bond motifs is 1. The minimum atomic E-state index is 0.0721. The number of nitriles is 1. The number of likely N-dealkylation sites (tertiary alicyclic amines) is 1. The van der Waals surface area contributed by atoms with Crippen molar-refractivity contribution in [2.75, 3.05) is 33.5 Å². The number of hydrogen-bond acceptors (Lipinski definition) is 6. The largest absolute Gasteiger partial charge is 0.493 e. The minimum Gasteiger partial charge on any atom is -0.493 e. The van der Waals surface area contributed by atoms with E-state index in [1.165, 1.54) is 7.11 Å². The second kappa shape index (κ2) is 9.61. The number of hydrogen-bond donors (Lipinski definition) is 0. The molecule has 7 heteroatoms. The number of amides is 1. The number of methoxy groups -OCH3 is 1. The van der Waals surface area contributed by atoms with E-state index in [-0.39, 0.29) is 11.9 Å². The summed E-state index contributed by atoms with van der Waals surface area (Å²) in [6.07, 6.45) is 2.96. The molecule has 31 heavy (non-hydrogen) atoms. The molecular weight excluding hydrogens is 396 g/mol. The fourth-order valence-corrected chi connectivity index (χ4v) is 4.08. The lowest BCUT2D eigenvalue weighted by atomic mass is 10.0. The van der Waals surface area contributed by atoms with Gasteiger partial charge in [-0.05, 0) is 49.1 Å². The zero-order valence-electron chi connectivity index (χ0n) is 17.6. The van der Waals surface area contributed by atoms with Crippen LogP contribution in [0.1, 0.15) is 42.9 Å². The van der Waals surface area contributed by atoms with E-state index in [0.29, 0.717) is 49.7 Å². The van der Waals surface area contributed by atoms with Crippen molar-refractivity contribution in [1.82, 2.24) is 4.90 Å². The lowest BCUT2D eigenvalue weighted by Crippen LogP contribution is -2.30. The predicted molar refractivity (Wildman–Crippen MR) is 114 cm³/mol. The molecule has 7 nitrogen and oxygen atoms in total. The SMILES string of the molecule is COc1cc(C#N)ccc1OCCCC(=O)N1CCCC1c1ccc2c(c1)OCCO2. The first-order valence-corrected chi connectivity index (χ1v) is 10.6. The van der Waals surface area contributed by atoms with Gasteiger partial charge in [0.2, 0.25) is 5.91 Å². The van der Waals surface area contributed by atoms with Crippen LogP contribution in [0.5, 0.6) is 23.0 Å². The van der Waals surface area contributed by atoms with Gasteiger partial charge in [-0.25, -0.2) is 0 Å². The molecule has 2 aromatic carbocycles. The Morgan fingerprint density at radius 1 is 1.16 bits per heavy atom. The van der Waals surface area contributed by atoms with Crippen LogP contribution in [-0.2, 0) is 4.79 Å². The first-order chi connectivity index (χ1) is 15.2. The average molecular weight is 422 g/mol. The molecule has 0 saturated carbocycles. The van der Waals surface area contributed by atoms with Gasteiger partial charge in [-0.15, -0.1) is 0 Å². The van der Waals surface area contributed by atoms with Crippen molar-refractivity contribution >= 4 is 5.91 Å². The smallest absolute Gasteiger partial charge is 0.223 e. The summed E-state index contributed by atoms with van der Waals surface area (Å²) < 4.78 is 22.4. The van der Waals surface area contributed by atoms with Crippen molar-refractivity contribution in [1.29, 1.82) is 5.26 Å². The zero-order chi connectivity index (χ0) is 21.6. The maximum atomic E-state index is 12.9. The number of nitrogens with zero attached hydrogens (tertiary/aromatic N) is 2. The summed E-state index contributed by atoms with van der Waals surface area (Å²) in [5.41, 5.74) is 1.60. The van der Waals surface area contributed by atoms with Gasteiger partial charge in [-0.3, -0.25) is 4.79 Å². The Morgan fingerprint density at radius 3 is 2.81 bits per heavy atom. The molecule has 2 heterocycles. The predicted octanol–water partition coefficient (Wildman–Crippen LogP) is 3.86. The average Bonchev–Trinajstić information content (AvgIpc) is 3.31. The minimum absolute atomic E-state index is 0.0721. The molecule has 2 aromatic rings. The van der Waals surface area contributed by atoms with Crippen molar-refractivity contribution < 1.29 is 23.7 Å². The van der Waals surface area contributed by atoms with Gasteiger partial charge in [0.1, 0.15) is 13.2 Å². The fourth-order valence-electron chi connectivity index (χ4n) is 4.08. The van der Waals surface area contributed by atoms with Gasteiger partial charge in [0.15, 0.2) is 23.0 Å². The maximum Gasteiger partial charge on any atom is 0.223 e. The lowest BCUT2D eigenvalue weighted by Gasteiger charge is -2.27. The van der Waals surface area contributed by atoms with E-state index in [4.69, 9.17) is 24.2 Å². The molecule has 2 aliphatic rings. The third kappa shape index (κ3) is 4.69. The third-order valence-corrected chi connectivity index (χ3v) is 5.61. The Kier molecular flexibility index (Phi) is 6.46. The van der Waals surface area contributed by atoms with Gasteiger partial charge in [0, 0.05) is 19.0 Å². The van der Waals surface area contributed by atoms with Crippen molar-refractivity contribution in [3.05, 3.63) is 47.5 Å². The molecule has 4 rings (SSSR count). The molecule has 1 saturated heterocycles. The van der Waals surface area contributed by atoms with E-state index >= 15 is 0 Å². The highest BCUT2D eigenvalue weighted by molar-refractivity contribution is 5.77. The summed E-state index contributed by atoms with van der Waals surface area (Å²) in [6.45, 7) is 2.28. The van der Waals surface area contributed by atoms with Crippen LogP contribution in [0.3, 0.4) is 0 Å². The van der Waals surface area contributed by atoms with Gasteiger partial charge in [-0.1, -0.05) is 6.07 Å². The highest BCUT2D eigenvalue weighted by atomic mass is 16.6. The number of benzene rings is 2. The standard InChI is InChI=1S/C24H26N2O5/c1-28-22-14-17(16-25)6-8-20(22)29-11-3-5-24(27)26-10-2-4-19(26)18-7-9-21-23(15-18)31-13-12-30-21/h6-9,14-15,19H,2-5,10-13H2,1H3. The maximum absolute atomic E-state index is 12.9. The molecule has 2 aliphatic heterocycles. The van der Waals surface area contributed by atoms with Crippen molar-refractivity contribution in [3.63, 3.8) is 0 Å². The van der Waals surface area contributed by atoms with Crippen molar-refractivity contribution in [3.8, 4) is 29.1 Å². The normalized spacial score (nSPS) is 17.2. The van der Waals surface area contributed by atoms with Crippen molar-refractivity contribution in [2.24, 2.45) is 0 Å². The summed E-state index contributed by atoms with van der Waals surface area (Å²) >= 11 is 0. The van der Waals surface area contributed by atoms with Gasteiger partial charge >= 0.3 is 0 Å². The van der Waals surface area contributed by atoms with Crippen LogP contribution in [-0.4, -0.2) is 44.3 Å². The fraction of sp³-hybridized carbons (Fsp3) is 0.417. The number of rotatable bonds is 7. The number of carbonyl (C=O) groups is 1. The van der Waals surface area contributed by atoms with E-state index in [2.05, 4.69) is 6.07 Å². The van der Waals surface area contributed by atoms with Crippen LogP contribution in [0.4, 0.5) is 0 Å². The first-order valence-electron chi connectivity index (χ1n) is 10.6. The summed E-state index contributed by atoms with van der Waals surface area (Å²) in [7, 11) is 1.54. The Hall–Kier alpha value is -3.40. The summed E-state index contributed by atoms with van der Waals surface area (Å²) in [4.78, 5) is 14.9. The molecule has 0 bridgehead atoms. The Labute approximate surface area is 182 Å². The number of carbonyl (C=O) groups excluding carboxylic acids is 1. The van der Waals surface area contributed by atoms with E-state index in [0.717, 1.165) is 36.4 Å². The van der Waals surface area contributed by atoms with Crippen molar-refractivity contribution in [2.45, 2.75) is 31.7 Å². The molecule has 0 aromatic heterocycles. The van der Waals surface area contributed by atoms with Crippen LogP contribution in [0, 0.1) is 11.3 Å². The topological polar surface area (TPSA) is 81.0 Å². The monoisotopic (exact) mass is 422 g/mol. The number of ether oxygens (including phenoxy) is 4. The lowest BCUT2D eigenvalue weighted by molar-refractivity contribution is -0.132. The summed E-state index contributed by atoms with van der Waals surface area (Å²) in [5, 5.41) is 8.99. The molecule has 1 amide bonds. The summed E-state index contributed by atoms with van der Waals surface area (Å²) in [5.74, 6) is 2.75.